The van der Waals surface area contributed by atoms with Crippen molar-refractivity contribution in [2.75, 3.05) is 13.2 Å². The second-order valence-electron chi connectivity index (χ2n) is 7.13. The van der Waals surface area contributed by atoms with E-state index in [1.807, 2.05) is 29.0 Å². The van der Waals surface area contributed by atoms with Crippen molar-refractivity contribution in [2.24, 2.45) is 5.41 Å². The number of pyridine rings is 1. The summed E-state index contributed by atoms with van der Waals surface area (Å²) < 4.78 is 13.5. The van der Waals surface area contributed by atoms with Crippen LogP contribution in [-0.4, -0.2) is 45.8 Å². The molecule has 2 aromatic rings. The number of amides is 1. The molecule has 26 heavy (non-hydrogen) atoms. The van der Waals surface area contributed by atoms with Crippen LogP contribution in [0.25, 0.3) is 0 Å². The van der Waals surface area contributed by atoms with Crippen molar-refractivity contribution < 1.29 is 14.3 Å². The molecule has 1 amide bonds. The molecule has 138 valence electrons. The number of nitrogens with one attached hydrogen (secondary N) is 1. The molecule has 1 saturated heterocycles. The number of nitrogens with zero attached hydrogens (tertiary/aromatic N) is 3. The summed E-state index contributed by atoms with van der Waals surface area (Å²) in [6, 6.07) is 5.72. The van der Waals surface area contributed by atoms with Crippen molar-refractivity contribution in [2.45, 2.75) is 44.6 Å². The molecule has 1 saturated carbocycles. The predicted octanol–water partition coefficient (Wildman–Crippen LogP) is 1.55. The molecule has 2 aliphatic rings. The molecular formula is C19H24N4O3. The van der Waals surface area contributed by atoms with Crippen LogP contribution in [0.5, 0.6) is 0 Å². The lowest BCUT2D eigenvalue weighted by Crippen LogP contribution is -2.52. The molecule has 7 nitrogen and oxygen atoms in total. The topological polar surface area (TPSA) is 78.3 Å². The number of ether oxygens (including phenoxy) is 2. The normalized spacial score (nSPS) is 24.2. The van der Waals surface area contributed by atoms with Gasteiger partial charge in [0.1, 0.15) is 6.10 Å². The third kappa shape index (κ3) is 3.94. The maximum atomic E-state index is 12.9. The minimum Gasteiger partial charge on any atom is -0.379 e. The number of rotatable bonds is 7. The Labute approximate surface area is 152 Å². The van der Waals surface area contributed by atoms with E-state index in [0.29, 0.717) is 26.4 Å². The lowest BCUT2D eigenvalue weighted by atomic mass is 10.0. The molecule has 1 N–H and O–H groups in total. The Kier molecular flexibility index (Phi) is 4.99. The van der Waals surface area contributed by atoms with Gasteiger partial charge in [0.15, 0.2) is 0 Å². The summed E-state index contributed by atoms with van der Waals surface area (Å²) in [5.74, 6) is 0.115. The van der Waals surface area contributed by atoms with Gasteiger partial charge in [-0.1, -0.05) is 6.07 Å². The first-order chi connectivity index (χ1) is 12.8. The Bertz CT molecular complexity index is 716. The quantitative estimate of drug-likeness (QED) is 0.814. The van der Waals surface area contributed by atoms with Crippen LogP contribution in [0.1, 0.15) is 25.0 Å². The van der Waals surface area contributed by atoms with E-state index in [-0.39, 0.29) is 23.5 Å². The molecule has 2 atom stereocenters. The first-order valence-electron chi connectivity index (χ1n) is 9.11. The molecule has 0 bridgehead atoms. The van der Waals surface area contributed by atoms with Gasteiger partial charge in [0.2, 0.25) is 5.91 Å². The summed E-state index contributed by atoms with van der Waals surface area (Å²) in [5, 5.41) is 3.22. The van der Waals surface area contributed by atoms with E-state index in [1.54, 1.807) is 18.7 Å². The van der Waals surface area contributed by atoms with Gasteiger partial charge in [-0.05, 0) is 31.4 Å². The Hall–Kier alpha value is -2.25. The largest absolute Gasteiger partial charge is 0.379 e. The molecule has 0 spiro atoms. The summed E-state index contributed by atoms with van der Waals surface area (Å²) in [6.45, 7) is 2.23. The molecule has 0 radical (unpaired) electrons. The van der Waals surface area contributed by atoms with Gasteiger partial charge in [0, 0.05) is 31.7 Å². The maximum absolute atomic E-state index is 12.9. The zero-order chi connectivity index (χ0) is 17.8. The smallest absolute Gasteiger partial charge is 0.228 e. The van der Waals surface area contributed by atoms with E-state index in [4.69, 9.17) is 9.47 Å². The Morgan fingerprint density at radius 2 is 2.31 bits per heavy atom. The molecule has 1 aliphatic carbocycles. The molecule has 3 heterocycles. The van der Waals surface area contributed by atoms with Crippen molar-refractivity contribution in [1.29, 1.82) is 0 Å². The third-order valence-corrected chi connectivity index (χ3v) is 5.17. The van der Waals surface area contributed by atoms with E-state index in [9.17, 15) is 4.79 Å². The van der Waals surface area contributed by atoms with Crippen LogP contribution in [0.3, 0.4) is 0 Å². The maximum Gasteiger partial charge on any atom is 0.228 e. The fourth-order valence-electron chi connectivity index (χ4n) is 3.38. The molecule has 0 unspecified atom stereocenters. The van der Waals surface area contributed by atoms with E-state index in [2.05, 4.69) is 15.3 Å². The van der Waals surface area contributed by atoms with Crippen molar-refractivity contribution in [3.05, 3.63) is 48.8 Å². The van der Waals surface area contributed by atoms with Crippen LogP contribution in [0, 0.1) is 5.41 Å². The van der Waals surface area contributed by atoms with E-state index < -0.39 is 0 Å². The SMILES string of the molecule is O=C(N[C@@H]1CCOC[C@H]1OCc1ccccn1)C1(Cn2ccnc2)CC1. The van der Waals surface area contributed by atoms with Gasteiger partial charge in [-0.25, -0.2) is 4.98 Å². The number of carbonyl (C=O) groups is 1. The van der Waals surface area contributed by atoms with Crippen LogP contribution in [-0.2, 0) is 27.4 Å². The average molecular weight is 356 g/mol. The van der Waals surface area contributed by atoms with Crippen LogP contribution in [0.4, 0.5) is 0 Å². The molecule has 4 rings (SSSR count). The zero-order valence-electron chi connectivity index (χ0n) is 14.7. The van der Waals surface area contributed by atoms with Gasteiger partial charge < -0.3 is 19.4 Å². The van der Waals surface area contributed by atoms with Gasteiger partial charge in [-0.15, -0.1) is 0 Å². The number of hydrogen-bond acceptors (Lipinski definition) is 5. The number of carbonyl (C=O) groups excluding carboxylic acids is 1. The van der Waals surface area contributed by atoms with Gasteiger partial charge in [-0.2, -0.15) is 0 Å². The number of aromatic nitrogens is 3. The van der Waals surface area contributed by atoms with Gasteiger partial charge in [0.05, 0.1) is 36.7 Å². The average Bonchev–Trinajstić information content (AvgIpc) is 3.28. The number of hydrogen-bond donors (Lipinski definition) is 1. The van der Waals surface area contributed by atoms with Crippen molar-refractivity contribution in [3.8, 4) is 0 Å². The van der Waals surface area contributed by atoms with Crippen LogP contribution < -0.4 is 5.32 Å². The lowest BCUT2D eigenvalue weighted by Gasteiger charge is -2.33. The van der Waals surface area contributed by atoms with Crippen LogP contribution in [0.2, 0.25) is 0 Å². The van der Waals surface area contributed by atoms with Crippen LogP contribution in [0.15, 0.2) is 43.1 Å². The van der Waals surface area contributed by atoms with E-state index >= 15 is 0 Å². The first kappa shape index (κ1) is 17.2. The molecule has 2 aromatic heterocycles. The second-order valence-corrected chi connectivity index (χ2v) is 7.13. The standard InChI is InChI=1S/C19H24N4O3/c24-18(19(5-6-19)13-23-9-8-20-14-23)22-16-4-10-25-12-17(16)26-11-15-3-1-2-7-21-15/h1-3,7-9,14,16-17H,4-6,10-13H2,(H,22,24)/t16-,17-/m1/s1. The van der Waals surface area contributed by atoms with E-state index in [1.165, 1.54) is 0 Å². The fraction of sp³-hybridized carbons (Fsp3) is 0.526. The molecule has 7 heteroatoms. The summed E-state index contributed by atoms with van der Waals surface area (Å²) in [5.41, 5.74) is 0.576. The minimum absolute atomic E-state index is 0.0276. The molecular weight excluding hydrogens is 332 g/mol. The summed E-state index contributed by atoms with van der Waals surface area (Å²) >= 11 is 0. The molecule has 1 aliphatic heterocycles. The first-order valence-corrected chi connectivity index (χ1v) is 9.11. The Morgan fingerprint density at radius 1 is 1.38 bits per heavy atom. The minimum atomic E-state index is -0.301. The highest BCUT2D eigenvalue weighted by Crippen LogP contribution is 2.47. The van der Waals surface area contributed by atoms with Crippen molar-refractivity contribution in [3.63, 3.8) is 0 Å². The van der Waals surface area contributed by atoms with Crippen molar-refractivity contribution >= 4 is 5.91 Å². The highest BCUT2D eigenvalue weighted by molar-refractivity contribution is 5.85. The van der Waals surface area contributed by atoms with Crippen LogP contribution >= 0.6 is 0 Å². The Balaban J connectivity index is 1.35. The van der Waals surface area contributed by atoms with Gasteiger partial charge >= 0.3 is 0 Å². The highest BCUT2D eigenvalue weighted by atomic mass is 16.5. The monoisotopic (exact) mass is 356 g/mol. The third-order valence-electron chi connectivity index (χ3n) is 5.17. The summed E-state index contributed by atoms with van der Waals surface area (Å²) in [4.78, 5) is 21.2. The molecule has 0 aromatic carbocycles. The van der Waals surface area contributed by atoms with Gasteiger partial charge in [0.25, 0.3) is 0 Å². The van der Waals surface area contributed by atoms with Crippen molar-refractivity contribution in [1.82, 2.24) is 19.9 Å². The predicted molar refractivity (Wildman–Crippen MR) is 94.1 cm³/mol. The summed E-state index contributed by atoms with van der Waals surface area (Å²) in [7, 11) is 0. The molecule has 2 fully saturated rings. The lowest BCUT2D eigenvalue weighted by molar-refractivity contribution is -0.132. The number of imidazole rings is 1. The fourth-order valence-corrected chi connectivity index (χ4v) is 3.38. The van der Waals surface area contributed by atoms with Gasteiger partial charge in [-0.3, -0.25) is 9.78 Å². The highest BCUT2D eigenvalue weighted by Gasteiger charge is 2.50. The second kappa shape index (κ2) is 7.55. The Morgan fingerprint density at radius 3 is 3.04 bits per heavy atom. The summed E-state index contributed by atoms with van der Waals surface area (Å²) in [6.07, 6.45) is 9.61. The zero-order valence-corrected chi connectivity index (χ0v) is 14.7. The van der Waals surface area contributed by atoms with E-state index in [0.717, 1.165) is 25.0 Å².